The van der Waals surface area contributed by atoms with Gasteiger partial charge in [-0.3, -0.25) is 0 Å². The predicted octanol–water partition coefficient (Wildman–Crippen LogP) is 15.2. The van der Waals surface area contributed by atoms with E-state index in [0.29, 0.717) is 0 Å². The van der Waals surface area contributed by atoms with Gasteiger partial charge in [0.25, 0.3) is 0 Å². The van der Waals surface area contributed by atoms with Gasteiger partial charge in [0, 0.05) is 73.0 Å². The van der Waals surface area contributed by atoms with Crippen molar-refractivity contribution in [1.29, 1.82) is 0 Å². The minimum atomic E-state index is 0.900. The van der Waals surface area contributed by atoms with E-state index in [4.69, 9.17) is 8.83 Å². The van der Waals surface area contributed by atoms with E-state index in [1.807, 2.05) is 22.7 Å². The molecule has 0 unspecified atom stereocenters. The zero-order chi connectivity index (χ0) is 33.7. The molecule has 0 fully saturated rings. The highest BCUT2D eigenvalue weighted by molar-refractivity contribution is 7.26. The Balaban J connectivity index is 1.30. The molecule has 0 saturated carbocycles. The van der Waals surface area contributed by atoms with Gasteiger partial charge in [0.05, 0.1) is 0 Å². The maximum absolute atomic E-state index is 6.91. The molecule has 2 nitrogen and oxygen atoms in total. The normalized spacial score (nSPS) is 12.6. The van der Waals surface area contributed by atoms with Crippen molar-refractivity contribution in [2.45, 2.75) is 0 Å². The Hall–Kier alpha value is -6.20. The molecule has 240 valence electrons. The number of hydrogen-bond acceptors (Lipinski definition) is 4. The molecule has 0 atom stereocenters. The number of fused-ring (bicyclic) bond motifs is 22. The van der Waals surface area contributed by atoms with Crippen LogP contribution in [0.1, 0.15) is 0 Å². The summed E-state index contributed by atoms with van der Waals surface area (Å²) in [5, 5.41) is 9.64. The van der Waals surface area contributed by atoms with Gasteiger partial charge in [-0.25, -0.2) is 0 Å². The fourth-order valence-electron chi connectivity index (χ4n) is 8.96. The van der Waals surface area contributed by atoms with Crippen molar-refractivity contribution in [3.8, 4) is 44.5 Å². The van der Waals surface area contributed by atoms with E-state index >= 15 is 0 Å². The van der Waals surface area contributed by atoms with Gasteiger partial charge in [-0.1, -0.05) is 84.9 Å². The van der Waals surface area contributed by atoms with Gasteiger partial charge >= 0.3 is 0 Å². The van der Waals surface area contributed by atoms with Crippen molar-refractivity contribution in [1.82, 2.24) is 0 Å². The van der Waals surface area contributed by atoms with Gasteiger partial charge in [0.15, 0.2) is 0 Å². The molecular formula is C48H24O2S2. The van der Waals surface area contributed by atoms with Crippen molar-refractivity contribution < 1.29 is 8.83 Å². The van der Waals surface area contributed by atoms with E-state index in [0.717, 1.165) is 66.1 Å². The number of furan rings is 2. The highest BCUT2D eigenvalue weighted by Crippen LogP contribution is 2.56. The van der Waals surface area contributed by atoms with E-state index in [1.54, 1.807) is 0 Å². The van der Waals surface area contributed by atoms with Crippen molar-refractivity contribution >= 4 is 107 Å². The first-order valence-electron chi connectivity index (χ1n) is 17.6. The van der Waals surface area contributed by atoms with Gasteiger partial charge < -0.3 is 8.83 Å². The Kier molecular flexibility index (Phi) is 5.17. The second-order valence-electron chi connectivity index (χ2n) is 13.9. The summed E-state index contributed by atoms with van der Waals surface area (Å²) < 4.78 is 19.0. The standard InChI is InChI=1S/C48H24O2S2/c1-5-13-39-25(9-1)31-19-17-29-30-18-20-32-26-10-2-6-14-40(26)50-48(32)46(30)38-22-36-28-12-4-8-16-42(28)52-44(36)24-34(38)33-23-43-35(21-37(33)45(29)47(31)49-39)27-11-3-7-15-41(27)51-43/h1-24H. The smallest absolute Gasteiger partial charge is 0.143 e. The fraction of sp³-hybridized carbons (Fsp3) is 0. The number of thiophene rings is 2. The third kappa shape index (κ3) is 3.48. The highest BCUT2D eigenvalue weighted by Gasteiger charge is 2.30. The topological polar surface area (TPSA) is 26.3 Å². The lowest BCUT2D eigenvalue weighted by atomic mass is 9.79. The molecule has 0 amide bonds. The molecule has 12 aromatic rings. The lowest BCUT2D eigenvalue weighted by Crippen LogP contribution is -1.98. The predicted molar refractivity (Wildman–Crippen MR) is 222 cm³/mol. The van der Waals surface area contributed by atoms with Crippen LogP contribution in [0.5, 0.6) is 0 Å². The molecule has 1 aliphatic carbocycles. The van der Waals surface area contributed by atoms with Crippen LogP contribution in [0.2, 0.25) is 0 Å². The summed E-state index contributed by atoms with van der Waals surface area (Å²) in [4.78, 5) is 0. The fourth-order valence-corrected chi connectivity index (χ4v) is 11.2. The van der Waals surface area contributed by atoms with E-state index in [-0.39, 0.29) is 0 Å². The largest absolute Gasteiger partial charge is 0.455 e. The first kappa shape index (κ1) is 27.5. The summed E-state index contributed by atoms with van der Waals surface area (Å²) in [6.45, 7) is 0. The average Bonchev–Trinajstić information content (AvgIpc) is 3.95. The monoisotopic (exact) mass is 696 g/mol. The van der Waals surface area contributed by atoms with Gasteiger partial charge in [-0.05, 0) is 94.0 Å². The van der Waals surface area contributed by atoms with E-state index < -0.39 is 0 Å². The molecule has 52 heavy (non-hydrogen) atoms. The molecule has 4 heteroatoms. The molecular weight excluding hydrogens is 673 g/mol. The molecule has 8 aromatic carbocycles. The zero-order valence-corrected chi connectivity index (χ0v) is 29.1. The van der Waals surface area contributed by atoms with Gasteiger partial charge in [0.2, 0.25) is 0 Å². The lowest BCUT2D eigenvalue weighted by molar-refractivity contribution is 0.669. The minimum absolute atomic E-state index is 0.900. The van der Waals surface area contributed by atoms with Crippen molar-refractivity contribution in [3.63, 3.8) is 0 Å². The van der Waals surface area contributed by atoms with Crippen LogP contribution in [-0.2, 0) is 0 Å². The molecule has 0 radical (unpaired) electrons. The van der Waals surface area contributed by atoms with Crippen LogP contribution in [0.25, 0.3) is 129 Å². The number of para-hydroxylation sites is 2. The molecule has 0 N–H and O–H groups in total. The highest BCUT2D eigenvalue weighted by atomic mass is 32.1. The number of rotatable bonds is 0. The maximum Gasteiger partial charge on any atom is 0.143 e. The van der Waals surface area contributed by atoms with Crippen LogP contribution in [0, 0.1) is 0 Å². The first-order chi connectivity index (χ1) is 25.8. The molecule has 4 heterocycles. The summed E-state index contributed by atoms with van der Waals surface area (Å²) in [6, 6.07) is 53.3. The molecule has 1 aliphatic rings. The molecule has 0 spiro atoms. The van der Waals surface area contributed by atoms with Crippen LogP contribution in [0.4, 0.5) is 0 Å². The molecule has 0 bridgehead atoms. The second-order valence-corrected chi connectivity index (χ2v) is 16.1. The van der Waals surface area contributed by atoms with E-state index in [2.05, 4.69) is 146 Å². The third-order valence-corrected chi connectivity index (χ3v) is 13.5. The molecule has 0 saturated heterocycles. The Morgan fingerprint density at radius 2 is 0.712 bits per heavy atom. The minimum Gasteiger partial charge on any atom is -0.455 e. The van der Waals surface area contributed by atoms with Gasteiger partial charge in [-0.2, -0.15) is 0 Å². The SMILES string of the molecule is c1ccc2c(c1)oc1c3c(ccc12)-c1ccc2c(oc4ccccc42)c1-c1cc2c(cc1-c1cc4sc5ccccc5c4cc1-3)sc1ccccc12. The Bertz CT molecular complexity index is 3300. The van der Waals surface area contributed by atoms with Gasteiger partial charge in [-0.15, -0.1) is 22.7 Å². The van der Waals surface area contributed by atoms with Crippen molar-refractivity contribution in [2.75, 3.05) is 0 Å². The third-order valence-electron chi connectivity index (χ3n) is 11.2. The van der Waals surface area contributed by atoms with Crippen LogP contribution < -0.4 is 0 Å². The van der Waals surface area contributed by atoms with E-state index in [9.17, 15) is 0 Å². The molecule has 4 aromatic heterocycles. The Morgan fingerprint density at radius 3 is 1.19 bits per heavy atom. The quantitative estimate of drug-likeness (QED) is 0.158. The van der Waals surface area contributed by atoms with E-state index in [1.165, 1.54) is 62.6 Å². The summed E-state index contributed by atoms with van der Waals surface area (Å²) >= 11 is 3.74. The summed E-state index contributed by atoms with van der Waals surface area (Å²) in [5.41, 5.74) is 13.0. The van der Waals surface area contributed by atoms with Gasteiger partial charge in [0.1, 0.15) is 22.3 Å². The average molecular weight is 697 g/mol. The first-order valence-corrected chi connectivity index (χ1v) is 19.2. The number of benzene rings is 8. The number of hydrogen-bond donors (Lipinski definition) is 0. The second kappa shape index (κ2) is 9.77. The van der Waals surface area contributed by atoms with Crippen LogP contribution in [-0.4, -0.2) is 0 Å². The summed E-state index contributed by atoms with van der Waals surface area (Å²) in [5.74, 6) is 0. The Morgan fingerprint density at radius 1 is 0.288 bits per heavy atom. The van der Waals surface area contributed by atoms with Crippen LogP contribution in [0.3, 0.4) is 0 Å². The lowest BCUT2D eigenvalue weighted by Gasteiger charge is -2.24. The molecule has 0 aliphatic heterocycles. The Labute approximate surface area is 304 Å². The summed E-state index contributed by atoms with van der Waals surface area (Å²) in [6.07, 6.45) is 0. The van der Waals surface area contributed by atoms with Crippen molar-refractivity contribution in [3.05, 3.63) is 146 Å². The van der Waals surface area contributed by atoms with Crippen molar-refractivity contribution in [2.24, 2.45) is 0 Å². The molecule has 13 rings (SSSR count). The zero-order valence-electron chi connectivity index (χ0n) is 27.5. The summed E-state index contributed by atoms with van der Waals surface area (Å²) in [7, 11) is 0. The van der Waals surface area contributed by atoms with Crippen LogP contribution >= 0.6 is 22.7 Å². The maximum atomic E-state index is 6.91. The van der Waals surface area contributed by atoms with Crippen LogP contribution in [0.15, 0.2) is 154 Å².